The van der Waals surface area contributed by atoms with Crippen LogP contribution in [0.4, 0.5) is 5.69 Å². The number of amides is 2. The monoisotopic (exact) mass is 595 g/mol. The van der Waals surface area contributed by atoms with Crippen LogP contribution < -0.4 is 9.62 Å². The van der Waals surface area contributed by atoms with Gasteiger partial charge in [0.2, 0.25) is 21.8 Å². The number of halogens is 1. The van der Waals surface area contributed by atoms with Crippen molar-refractivity contribution in [2.24, 2.45) is 0 Å². The molecule has 2 amide bonds. The highest BCUT2D eigenvalue weighted by molar-refractivity contribution is 7.92. The van der Waals surface area contributed by atoms with Gasteiger partial charge in [0.1, 0.15) is 12.6 Å². The molecule has 3 aromatic carbocycles. The van der Waals surface area contributed by atoms with Crippen LogP contribution in [0.15, 0.2) is 72.8 Å². The van der Waals surface area contributed by atoms with Crippen molar-refractivity contribution in [3.05, 3.63) is 100 Å². The lowest BCUT2D eigenvalue weighted by Gasteiger charge is -2.34. The van der Waals surface area contributed by atoms with Crippen molar-refractivity contribution >= 4 is 39.1 Å². The van der Waals surface area contributed by atoms with Gasteiger partial charge < -0.3 is 10.2 Å². The third-order valence-corrected chi connectivity index (χ3v) is 8.89. The Kier molecular flexibility index (Phi) is 10.1. The molecule has 1 aliphatic carbocycles. The van der Waals surface area contributed by atoms with E-state index in [9.17, 15) is 18.0 Å². The lowest BCUT2D eigenvalue weighted by atomic mass is 10.0. The lowest BCUT2D eigenvalue weighted by molar-refractivity contribution is -0.140. The molecule has 1 aliphatic rings. The zero-order valence-electron chi connectivity index (χ0n) is 23.8. The number of benzene rings is 3. The van der Waals surface area contributed by atoms with Crippen molar-refractivity contribution in [3.8, 4) is 0 Å². The maximum absolute atomic E-state index is 14.2. The summed E-state index contributed by atoms with van der Waals surface area (Å²) in [4.78, 5) is 29.7. The van der Waals surface area contributed by atoms with Gasteiger partial charge in [-0.2, -0.15) is 0 Å². The number of carbonyl (C=O) groups excluding carboxylic acids is 2. The van der Waals surface area contributed by atoms with Gasteiger partial charge in [-0.1, -0.05) is 90.7 Å². The molecule has 41 heavy (non-hydrogen) atoms. The third-order valence-electron chi connectivity index (χ3n) is 7.53. The number of hydrogen-bond donors (Lipinski definition) is 1. The number of nitrogens with one attached hydrogen (secondary N) is 1. The average molecular weight is 596 g/mol. The topological polar surface area (TPSA) is 86.8 Å². The summed E-state index contributed by atoms with van der Waals surface area (Å²) in [5, 5.41) is 3.54. The average Bonchev–Trinajstić information content (AvgIpc) is 3.43. The molecule has 7 nitrogen and oxygen atoms in total. The normalized spacial score (nSPS) is 14.4. The number of nitrogens with zero attached hydrogens (tertiary/aromatic N) is 2. The van der Waals surface area contributed by atoms with E-state index in [4.69, 9.17) is 11.6 Å². The summed E-state index contributed by atoms with van der Waals surface area (Å²) in [7, 11) is -3.86. The van der Waals surface area contributed by atoms with Gasteiger partial charge in [-0.15, -0.1) is 0 Å². The number of aryl methyl sites for hydroxylation is 2. The van der Waals surface area contributed by atoms with Crippen molar-refractivity contribution < 1.29 is 18.0 Å². The minimum Gasteiger partial charge on any atom is -0.352 e. The van der Waals surface area contributed by atoms with Crippen LogP contribution in [0.5, 0.6) is 0 Å². The van der Waals surface area contributed by atoms with Crippen LogP contribution in [0.1, 0.15) is 47.9 Å². The van der Waals surface area contributed by atoms with Crippen LogP contribution in [0.25, 0.3) is 0 Å². The summed E-state index contributed by atoms with van der Waals surface area (Å²) < 4.78 is 27.1. The van der Waals surface area contributed by atoms with Crippen LogP contribution in [0.2, 0.25) is 5.02 Å². The van der Waals surface area contributed by atoms with E-state index in [1.165, 1.54) is 4.90 Å². The molecule has 1 N–H and O–H groups in total. The summed E-state index contributed by atoms with van der Waals surface area (Å²) in [6, 6.07) is 21.5. The summed E-state index contributed by atoms with van der Waals surface area (Å²) in [6.45, 7) is 3.43. The number of carbonyl (C=O) groups is 2. The van der Waals surface area contributed by atoms with Crippen LogP contribution in [-0.4, -0.2) is 50.0 Å². The van der Waals surface area contributed by atoms with E-state index in [-0.39, 0.29) is 18.5 Å². The highest BCUT2D eigenvalue weighted by Crippen LogP contribution is 2.27. The largest absolute Gasteiger partial charge is 0.352 e. The van der Waals surface area contributed by atoms with Gasteiger partial charge in [0.15, 0.2) is 0 Å². The Morgan fingerprint density at radius 1 is 0.951 bits per heavy atom. The highest BCUT2D eigenvalue weighted by Gasteiger charge is 2.34. The molecule has 0 saturated heterocycles. The van der Waals surface area contributed by atoms with Gasteiger partial charge in [-0.25, -0.2) is 8.42 Å². The first kappa shape index (κ1) is 30.6. The van der Waals surface area contributed by atoms with Gasteiger partial charge in [0.05, 0.1) is 11.9 Å². The minimum absolute atomic E-state index is 0.0679. The third kappa shape index (κ3) is 8.33. The van der Waals surface area contributed by atoms with Gasteiger partial charge in [-0.3, -0.25) is 13.9 Å². The second kappa shape index (κ2) is 13.5. The van der Waals surface area contributed by atoms with E-state index in [0.717, 1.165) is 52.9 Å². The predicted octanol–water partition coefficient (Wildman–Crippen LogP) is 5.42. The SMILES string of the molecule is Cc1cccc(CN(C(=O)CN(c2cc(Cl)ccc2C)S(C)(=O)=O)[C@H](Cc2ccccc2)C(=O)NC2CCCC2)c1. The molecule has 1 fully saturated rings. The van der Waals surface area contributed by atoms with Gasteiger partial charge in [0, 0.05) is 24.0 Å². The Bertz CT molecular complexity index is 1470. The summed E-state index contributed by atoms with van der Waals surface area (Å²) >= 11 is 6.23. The standard InChI is InChI=1S/C32H38ClN3O4S/c1-23-10-9-13-26(18-23)21-35(31(37)22-36(41(3,39)40)29-20-27(33)17-16-24(29)2)30(19-25-11-5-4-6-12-25)32(38)34-28-14-7-8-15-28/h4-6,9-13,16-18,20,28,30H,7-8,14-15,19,21-22H2,1-3H3,(H,34,38)/t30-/m1/s1. The van der Waals surface area contributed by atoms with E-state index in [1.807, 2.05) is 61.5 Å². The molecule has 0 aliphatic heterocycles. The van der Waals surface area contributed by atoms with Crippen LogP contribution in [0.3, 0.4) is 0 Å². The molecular weight excluding hydrogens is 558 g/mol. The first-order valence-corrected chi connectivity index (χ1v) is 16.2. The minimum atomic E-state index is -3.86. The Balaban J connectivity index is 1.74. The summed E-state index contributed by atoms with van der Waals surface area (Å²) in [5.41, 5.74) is 3.79. The Labute approximate surface area is 248 Å². The molecule has 1 saturated carbocycles. The van der Waals surface area contributed by atoms with Gasteiger partial charge >= 0.3 is 0 Å². The molecule has 0 heterocycles. The second-order valence-corrected chi connectivity index (χ2v) is 13.2. The molecule has 9 heteroatoms. The zero-order valence-corrected chi connectivity index (χ0v) is 25.4. The molecule has 0 aromatic heterocycles. The van der Waals surface area contributed by atoms with Crippen LogP contribution in [-0.2, 0) is 32.6 Å². The number of hydrogen-bond acceptors (Lipinski definition) is 4. The van der Waals surface area contributed by atoms with Crippen molar-refractivity contribution in [2.45, 2.75) is 64.6 Å². The molecular formula is C32H38ClN3O4S. The summed E-state index contributed by atoms with van der Waals surface area (Å²) in [6.07, 6.45) is 5.30. The zero-order chi connectivity index (χ0) is 29.6. The Morgan fingerprint density at radius 2 is 1.63 bits per heavy atom. The Hall–Kier alpha value is -3.36. The molecule has 1 atom stereocenters. The molecule has 3 aromatic rings. The second-order valence-electron chi connectivity index (χ2n) is 10.9. The fourth-order valence-corrected chi connectivity index (χ4v) is 6.44. The van der Waals surface area contributed by atoms with Crippen molar-refractivity contribution in [1.82, 2.24) is 10.2 Å². The maximum atomic E-state index is 14.2. The summed E-state index contributed by atoms with van der Waals surface area (Å²) in [5.74, 6) is -0.703. The van der Waals surface area contributed by atoms with E-state index < -0.39 is 28.5 Å². The lowest BCUT2D eigenvalue weighted by Crippen LogP contribution is -2.54. The number of anilines is 1. The van der Waals surface area contributed by atoms with Gasteiger partial charge in [0.25, 0.3) is 0 Å². The van der Waals surface area contributed by atoms with Crippen molar-refractivity contribution in [3.63, 3.8) is 0 Å². The molecule has 0 bridgehead atoms. The first-order chi connectivity index (χ1) is 19.5. The highest BCUT2D eigenvalue weighted by atomic mass is 35.5. The quantitative estimate of drug-likeness (QED) is 0.321. The fourth-order valence-electron chi connectivity index (χ4n) is 5.37. The molecule has 218 valence electrons. The van der Waals surface area contributed by atoms with Crippen molar-refractivity contribution in [2.75, 3.05) is 17.1 Å². The van der Waals surface area contributed by atoms with Crippen molar-refractivity contribution in [1.29, 1.82) is 0 Å². The smallest absolute Gasteiger partial charge is 0.244 e. The first-order valence-electron chi connectivity index (χ1n) is 13.9. The maximum Gasteiger partial charge on any atom is 0.244 e. The van der Waals surface area contributed by atoms with E-state index in [0.29, 0.717) is 22.7 Å². The number of rotatable bonds is 11. The van der Waals surface area contributed by atoms with Gasteiger partial charge in [-0.05, 0) is 55.5 Å². The predicted molar refractivity (Wildman–Crippen MR) is 164 cm³/mol. The molecule has 0 unspecified atom stereocenters. The Morgan fingerprint density at radius 3 is 2.29 bits per heavy atom. The molecule has 0 spiro atoms. The van der Waals surface area contributed by atoms with Crippen LogP contribution >= 0.6 is 11.6 Å². The number of sulfonamides is 1. The molecule has 4 rings (SSSR count). The van der Waals surface area contributed by atoms with E-state index in [1.54, 1.807) is 25.1 Å². The molecule has 0 radical (unpaired) electrons. The van der Waals surface area contributed by atoms with Crippen LogP contribution in [0, 0.1) is 13.8 Å². The van der Waals surface area contributed by atoms with E-state index >= 15 is 0 Å². The fraction of sp³-hybridized carbons (Fsp3) is 0.375. The van der Waals surface area contributed by atoms with E-state index in [2.05, 4.69) is 5.32 Å².